The first-order valence-electron chi connectivity index (χ1n) is 5.72. The van der Waals surface area contributed by atoms with Crippen molar-refractivity contribution < 1.29 is 24.6 Å². The highest BCUT2D eigenvalue weighted by Crippen LogP contribution is 2.05. The van der Waals surface area contributed by atoms with E-state index in [2.05, 4.69) is 5.32 Å². The molecular formula is C11H20N2O5. The van der Waals surface area contributed by atoms with Gasteiger partial charge in [0, 0.05) is 12.5 Å². The SMILES string of the molecule is CC(C)C[C@H](NC(=O)C[C@H](N)CC(=O)O)C(=O)O. The third-order valence-corrected chi connectivity index (χ3v) is 2.22. The molecule has 2 atom stereocenters. The summed E-state index contributed by atoms with van der Waals surface area (Å²) in [6, 6.07) is -1.77. The molecule has 0 spiro atoms. The molecule has 0 aliphatic heterocycles. The van der Waals surface area contributed by atoms with Gasteiger partial charge in [-0.15, -0.1) is 0 Å². The third-order valence-electron chi connectivity index (χ3n) is 2.22. The Kier molecular flexibility index (Phi) is 6.96. The lowest BCUT2D eigenvalue weighted by Crippen LogP contribution is -2.43. The number of hydrogen-bond acceptors (Lipinski definition) is 4. The summed E-state index contributed by atoms with van der Waals surface area (Å²) >= 11 is 0. The molecule has 0 aliphatic rings. The first kappa shape index (κ1) is 16.4. The second kappa shape index (κ2) is 7.65. The van der Waals surface area contributed by atoms with Crippen LogP contribution in [-0.2, 0) is 14.4 Å². The van der Waals surface area contributed by atoms with Crippen LogP contribution in [0.4, 0.5) is 0 Å². The number of carbonyl (C=O) groups excluding carboxylic acids is 1. The first-order valence-corrected chi connectivity index (χ1v) is 5.72. The molecule has 0 aromatic heterocycles. The Morgan fingerprint density at radius 2 is 1.72 bits per heavy atom. The zero-order valence-corrected chi connectivity index (χ0v) is 10.5. The number of rotatable bonds is 8. The minimum absolute atomic E-state index is 0.124. The molecule has 0 aromatic carbocycles. The smallest absolute Gasteiger partial charge is 0.326 e. The number of carbonyl (C=O) groups is 3. The number of hydrogen-bond donors (Lipinski definition) is 4. The summed E-state index contributed by atoms with van der Waals surface area (Å²) in [7, 11) is 0. The van der Waals surface area contributed by atoms with Crippen LogP contribution in [0.5, 0.6) is 0 Å². The number of amides is 1. The van der Waals surface area contributed by atoms with E-state index in [1.165, 1.54) is 0 Å². The van der Waals surface area contributed by atoms with Crippen LogP contribution in [0.1, 0.15) is 33.1 Å². The minimum atomic E-state index is -1.11. The predicted molar refractivity (Wildman–Crippen MR) is 63.9 cm³/mol. The van der Waals surface area contributed by atoms with Gasteiger partial charge in [0.05, 0.1) is 6.42 Å². The highest BCUT2D eigenvalue weighted by molar-refractivity contribution is 5.84. The van der Waals surface area contributed by atoms with Gasteiger partial charge in [-0.3, -0.25) is 9.59 Å². The quantitative estimate of drug-likeness (QED) is 0.478. The number of carboxylic acids is 2. The summed E-state index contributed by atoms with van der Waals surface area (Å²) in [6.07, 6.45) is -0.210. The number of nitrogens with one attached hydrogen (secondary N) is 1. The lowest BCUT2D eigenvalue weighted by Gasteiger charge is -2.17. The molecule has 0 heterocycles. The Morgan fingerprint density at radius 1 is 1.17 bits per heavy atom. The maximum atomic E-state index is 11.5. The summed E-state index contributed by atoms with van der Waals surface area (Å²) in [5.41, 5.74) is 5.44. The molecule has 104 valence electrons. The van der Waals surface area contributed by atoms with E-state index in [1.54, 1.807) is 0 Å². The molecule has 0 radical (unpaired) electrons. The fourth-order valence-corrected chi connectivity index (χ4v) is 1.48. The van der Waals surface area contributed by atoms with E-state index in [9.17, 15) is 14.4 Å². The van der Waals surface area contributed by atoms with Gasteiger partial charge in [-0.05, 0) is 12.3 Å². The summed E-state index contributed by atoms with van der Waals surface area (Å²) < 4.78 is 0. The van der Waals surface area contributed by atoms with E-state index in [0.717, 1.165) is 0 Å². The first-order chi connectivity index (χ1) is 8.22. The maximum Gasteiger partial charge on any atom is 0.326 e. The number of nitrogens with two attached hydrogens (primary N) is 1. The molecule has 0 unspecified atom stereocenters. The molecule has 0 saturated carbocycles. The normalized spacial score (nSPS) is 14.0. The van der Waals surface area contributed by atoms with E-state index in [4.69, 9.17) is 15.9 Å². The van der Waals surface area contributed by atoms with Gasteiger partial charge < -0.3 is 21.3 Å². The van der Waals surface area contributed by atoms with Gasteiger partial charge in [0.1, 0.15) is 6.04 Å². The average molecular weight is 260 g/mol. The van der Waals surface area contributed by atoms with Crippen LogP contribution in [0.3, 0.4) is 0 Å². The summed E-state index contributed by atoms with van der Waals surface area (Å²) in [4.78, 5) is 32.7. The van der Waals surface area contributed by atoms with Gasteiger partial charge in [0.2, 0.25) is 5.91 Å². The van der Waals surface area contributed by atoms with Crippen LogP contribution < -0.4 is 11.1 Å². The van der Waals surface area contributed by atoms with Crippen LogP contribution in [0.15, 0.2) is 0 Å². The second-order valence-electron chi connectivity index (χ2n) is 4.65. The molecule has 0 fully saturated rings. The Hall–Kier alpha value is -1.63. The highest BCUT2D eigenvalue weighted by atomic mass is 16.4. The third kappa shape index (κ3) is 7.61. The molecule has 0 saturated heterocycles. The Bertz CT molecular complexity index is 317. The topological polar surface area (TPSA) is 130 Å². The molecule has 7 heteroatoms. The Labute approximate surface area is 105 Å². The zero-order chi connectivity index (χ0) is 14.3. The molecule has 18 heavy (non-hydrogen) atoms. The fraction of sp³-hybridized carbons (Fsp3) is 0.727. The van der Waals surface area contributed by atoms with Crippen molar-refractivity contribution in [3.63, 3.8) is 0 Å². The van der Waals surface area contributed by atoms with Crippen molar-refractivity contribution in [2.24, 2.45) is 11.7 Å². The van der Waals surface area contributed by atoms with Crippen molar-refractivity contribution in [1.82, 2.24) is 5.32 Å². The van der Waals surface area contributed by atoms with Gasteiger partial charge >= 0.3 is 11.9 Å². The van der Waals surface area contributed by atoms with Gasteiger partial charge in [-0.2, -0.15) is 0 Å². The monoisotopic (exact) mass is 260 g/mol. The molecule has 0 aliphatic carbocycles. The second-order valence-corrected chi connectivity index (χ2v) is 4.65. The van der Waals surface area contributed by atoms with Crippen molar-refractivity contribution in [3.8, 4) is 0 Å². The van der Waals surface area contributed by atoms with E-state index in [-0.39, 0.29) is 18.8 Å². The highest BCUT2D eigenvalue weighted by Gasteiger charge is 2.22. The van der Waals surface area contributed by atoms with Crippen molar-refractivity contribution in [3.05, 3.63) is 0 Å². The predicted octanol–water partition coefficient (Wildman–Crippen LogP) is -0.206. The fourth-order valence-electron chi connectivity index (χ4n) is 1.48. The zero-order valence-electron chi connectivity index (χ0n) is 10.5. The standard InChI is InChI=1S/C11H20N2O5/c1-6(2)3-8(11(17)18)13-9(14)4-7(12)5-10(15)16/h6-8H,3-5,12H2,1-2H3,(H,13,14)(H,15,16)(H,17,18)/t7-,8-/m0/s1. The lowest BCUT2D eigenvalue weighted by atomic mass is 10.0. The van der Waals surface area contributed by atoms with Gasteiger partial charge in [-0.25, -0.2) is 4.79 Å². The summed E-state index contributed by atoms with van der Waals surface area (Å²) in [5, 5.41) is 19.7. The van der Waals surface area contributed by atoms with Crippen LogP contribution in [0.25, 0.3) is 0 Å². The van der Waals surface area contributed by atoms with Crippen molar-refractivity contribution in [2.45, 2.75) is 45.2 Å². The van der Waals surface area contributed by atoms with Gasteiger partial charge in [-0.1, -0.05) is 13.8 Å². The van der Waals surface area contributed by atoms with Crippen LogP contribution in [-0.4, -0.2) is 40.1 Å². The van der Waals surface area contributed by atoms with Gasteiger partial charge in [0.15, 0.2) is 0 Å². The molecule has 0 rings (SSSR count). The molecular weight excluding hydrogens is 240 g/mol. The summed E-state index contributed by atoms with van der Waals surface area (Å²) in [6.45, 7) is 3.69. The van der Waals surface area contributed by atoms with Crippen LogP contribution in [0, 0.1) is 5.92 Å². The molecule has 5 N–H and O–H groups in total. The maximum absolute atomic E-state index is 11.5. The summed E-state index contributed by atoms with van der Waals surface area (Å²) in [5.74, 6) is -2.62. The molecule has 0 bridgehead atoms. The van der Waals surface area contributed by atoms with Crippen molar-refractivity contribution in [2.75, 3.05) is 0 Å². The Morgan fingerprint density at radius 3 is 2.11 bits per heavy atom. The molecule has 0 aromatic rings. The van der Waals surface area contributed by atoms with Crippen LogP contribution >= 0.6 is 0 Å². The number of aliphatic carboxylic acids is 2. The minimum Gasteiger partial charge on any atom is -0.481 e. The van der Waals surface area contributed by atoms with E-state index < -0.39 is 29.9 Å². The van der Waals surface area contributed by atoms with Crippen molar-refractivity contribution >= 4 is 17.8 Å². The van der Waals surface area contributed by atoms with E-state index in [0.29, 0.717) is 6.42 Å². The Balaban J connectivity index is 4.25. The number of carboxylic acid groups (broad SMARTS) is 2. The van der Waals surface area contributed by atoms with E-state index >= 15 is 0 Å². The largest absolute Gasteiger partial charge is 0.481 e. The average Bonchev–Trinajstić information content (AvgIpc) is 2.13. The molecule has 1 amide bonds. The van der Waals surface area contributed by atoms with Crippen molar-refractivity contribution in [1.29, 1.82) is 0 Å². The lowest BCUT2D eigenvalue weighted by molar-refractivity contribution is -0.142. The van der Waals surface area contributed by atoms with E-state index in [1.807, 2.05) is 13.8 Å². The van der Waals surface area contributed by atoms with Gasteiger partial charge in [0.25, 0.3) is 0 Å². The van der Waals surface area contributed by atoms with Crippen LogP contribution in [0.2, 0.25) is 0 Å². The molecule has 7 nitrogen and oxygen atoms in total.